The molecule has 0 fully saturated rings. The zero-order valence-corrected chi connectivity index (χ0v) is 33.5. The second kappa shape index (κ2) is 14.1. The van der Waals surface area contributed by atoms with Crippen molar-refractivity contribution in [2.45, 2.75) is 5.41 Å². The highest BCUT2D eigenvalue weighted by Gasteiger charge is 2.51. The molecule has 1 aliphatic carbocycles. The molecule has 0 amide bonds. The summed E-state index contributed by atoms with van der Waals surface area (Å²) in [7, 11) is 0. The van der Waals surface area contributed by atoms with E-state index in [0.29, 0.717) is 0 Å². The Morgan fingerprint density at radius 2 is 0.803 bits per heavy atom. The highest BCUT2D eigenvalue weighted by Crippen LogP contribution is 2.64. The SMILES string of the molecule is c1ccc(-c2ccc(N(c3ccc(-c4cccc5ccccc45)cc3)c3ccc4c(c3)C3(c5ccccc5-4)c4ccccc4N(c4ccccc4)c4ccccc43)cc2)cc1. The van der Waals surface area contributed by atoms with E-state index in [9.17, 15) is 0 Å². The molecule has 2 heteroatoms. The van der Waals surface area contributed by atoms with E-state index in [1.807, 2.05) is 0 Å². The Hall–Kier alpha value is -7.94. The van der Waals surface area contributed by atoms with E-state index in [0.717, 1.165) is 22.7 Å². The Morgan fingerprint density at radius 1 is 0.311 bits per heavy atom. The number of nitrogens with zero attached hydrogens (tertiary/aromatic N) is 2. The number of fused-ring (bicyclic) bond motifs is 10. The Balaban J connectivity index is 1.07. The van der Waals surface area contributed by atoms with Crippen molar-refractivity contribution in [1.82, 2.24) is 0 Å². The monoisotopic (exact) mass is 776 g/mol. The minimum atomic E-state index is -0.554. The van der Waals surface area contributed by atoms with E-state index in [1.165, 1.54) is 77.8 Å². The number of benzene rings is 10. The average Bonchev–Trinajstić information content (AvgIpc) is 3.62. The zero-order chi connectivity index (χ0) is 40.3. The summed E-state index contributed by atoms with van der Waals surface area (Å²) in [6.45, 7) is 0. The molecule has 1 spiro atoms. The molecule has 0 N–H and O–H groups in total. The smallest absolute Gasteiger partial charge is 0.0755 e. The van der Waals surface area contributed by atoms with E-state index < -0.39 is 5.41 Å². The van der Waals surface area contributed by atoms with Gasteiger partial charge in [-0.25, -0.2) is 0 Å². The first-order chi connectivity index (χ1) is 30.3. The molecule has 61 heavy (non-hydrogen) atoms. The van der Waals surface area contributed by atoms with Crippen LogP contribution in [0.3, 0.4) is 0 Å². The molecule has 0 atom stereocenters. The summed E-state index contributed by atoms with van der Waals surface area (Å²) < 4.78 is 0. The number of anilines is 6. The summed E-state index contributed by atoms with van der Waals surface area (Å²) >= 11 is 0. The van der Waals surface area contributed by atoms with Gasteiger partial charge in [0.25, 0.3) is 0 Å². The van der Waals surface area contributed by atoms with Crippen LogP contribution in [0.5, 0.6) is 0 Å². The Kier molecular flexibility index (Phi) is 8.11. The molecular formula is C59H40N2. The first-order valence-corrected chi connectivity index (χ1v) is 21.1. The third-order valence-corrected chi connectivity index (χ3v) is 12.9. The van der Waals surface area contributed by atoms with Crippen molar-refractivity contribution in [2.24, 2.45) is 0 Å². The van der Waals surface area contributed by atoms with E-state index >= 15 is 0 Å². The van der Waals surface area contributed by atoms with Gasteiger partial charge in [0.2, 0.25) is 0 Å². The molecule has 1 aliphatic heterocycles. The molecule has 0 bridgehead atoms. The van der Waals surface area contributed by atoms with Crippen molar-refractivity contribution >= 4 is 44.9 Å². The molecule has 1 heterocycles. The normalized spacial score (nSPS) is 13.0. The molecular weight excluding hydrogens is 737 g/mol. The minimum Gasteiger partial charge on any atom is -0.310 e. The number of hydrogen-bond acceptors (Lipinski definition) is 2. The van der Waals surface area contributed by atoms with E-state index in [-0.39, 0.29) is 0 Å². The van der Waals surface area contributed by atoms with Crippen LogP contribution in [0.2, 0.25) is 0 Å². The van der Waals surface area contributed by atoms with Gasteiger partial charge in [-0.3, -0.25) is 0 Å². The van der Waals surface area contributed by atoms with Crippen molar-refractivity contribution in [2.75, 3.05) is 9.80 Å². The summed E-state index contributed by atoms with van der Waals surface area (Å²) in [5, 5.41) is 2.50. The van der Waals surface area contributed by atoms with Crippen molar-refractivity contribution in [3.63, 3.8) is 0 Å². The van der Waals surface area contributed by atoms with E-state index in [1.54, 1.807) is 0 Å². The molecule has 0 unspecified atom stereocenters. The Morgan fingerprint density at radius 3 is 1.51 bits per heavy atom. The maximum absolute atomic E-state index is 2.48. The maximum Gasteiger partial charge on any atom is 0.0755 e. The molecule has 0 saturated heterocycles. The quantitative estimate of drug-likeness (QED) is 0.166. The minimum absolute atomic E-state index is 0.554. The predicted octanol–water partition coefficient (Wildman–Crippen LogP) is 15.8. The Bertz CT molecular complexity index is 3190. The van der Waals surface area contributed by atoms with Crippen LogP contribution in [-0.4, -0.2) is 0 Å². The lowest BCUT2D eigenvalue weighted by molar-refractivity contribution is 0.752. The molecule has 286 valence electrons. The van der Waals surface area contributed by atoms with Crippen LogP contribution < -0.4 is 9.80 Å². The molecule has 10 aromatic rings. The molecule has 10 aromatic carbocycles. The molecule has 2 nitrogen and oxygen atoms in total. The van der Waals surface area contributed by atoms with Crippen LogP contribution in [0, 0.1) is 0 Å². The number of para-hydroxylation sites is 3. The van der Waals surface area contributed by atoms with Gasteiger partial charge in [0.05, 0.1) is 16.8 Å². The topological polar surface area (TPSA) is 6.48 Å². The van der Waals surface area contributed by atoms with Crippen LogP contribution >= 0.6 is 0 Å². The fourth-order valence-corrected chi connectivity index (χ4v) is 10.2. The van der Waals surface area contributed by atoms with Crippen molar-refractivity contribution < 1.29 is 0 Å². The summed E-state index contributed by atoms with van der Waals surface area (Å²) in [6.07, 6.45) is 0. The fourth-order valence-electron chi connectivity index (χ4n) is 10.2. The summed E-state index contributed by atoms with van der Waals surface area (Å²) in [5.74, 6) is 0. The largest absolute Gasteiger partial charge is 0.310 e. The van der Waals surface area contributed by atoms with Gasteiger partial charge in [0.15, 0.2) is 0 Å². The number of rotatable bonds is 6. The van der Waals surface area contributed by atoms with Gasteiger partial charge in [-0.1, -0.05) is 182 Å². The first-order valence-electron chi connectivity index (χ1n) is 21.1. The zero-order valence-electron chi connectivity index (χ0n) is 33.5. The standard InChI is InChI=1S/C59H40N2/c1-3-16-41(17-4-1)42-30-34-46(35-31-42)60(47-36-32-44(33-37-47)50-24-15-19-43-18-7-8-22-49(43)50)48-38-39-52-51-23-9-10-25-53(51)59(56(52)40-48)54-26-11-13-28-57(54)61(45-20-5-2-6-21-45)58-29-14-12-27-55(58)59/h1-40H. The second-order valence-electron chi connectivity index (χ2n) is 16.1. The van der Waals surface area contributed by atoms with E-state index in [2.05, 4.69) is 252 Å². The predicted molar refractivity (Wildman–Crippen MR) is 255 cm³/mol. The highest BCUT2D eigenvalue weighted by atomic mass is 15.2. The van der Waals surface area contributed by atoms with Gasteiger partial charge in [-0.15, -0.1) is 0 Å². The number of hydrogen-bond donors (Lipinski definition) is 0. The molecule has 0 saturated carbocycles. The van der Waals surface area contributed by atoms with Gasteiger partial charge < -0.3 is 9.80 Å². The van der Waals surface area contributed by atoms with Crippen LogP contribution in [-0.2, 0) is 5.41 Å². The molecule has 0 radical (unpaired) electrons. The lowest BCUT2D eigenvalue weighted by atomic mass is 9.64. The lowest BCUT2D eigenvalue weighted by Gasteiger charge is -2.45. The van der Waals surface area contributed by atoms with Crippen LogP contribution in [0.25, 0.3) is 44.2 Å². The van der Waals surface area contributed by atoms with Gasteiger partial charge in [0, 0.05) is 22.7 Å². The summed E-state index contributed by atoms with van der Waals surface area (Å²) in [4.78, 5) is 4.87. The van der Waals surface area contributed by atoms with Gasteiger partial charge >= 0.3 is 0 Å². The van der Waals surface area contributed by atoms with Gasteiger partial charge in [-0.05, 0) is 127 Å². The van der Waals surface area contributed by atoms with Crippen molar-refractivity contribution in [3.8, 4) is 33.4 Å². The summed E-state index contributed by atoms with van der Waals surface area (Å²) in [6, 6.07) is 89.1. The summed E-state index contributed by atoms with van der Waals surface area (Å²) in [5.41, 5.74) is 18.8. The third kappa shape index (κ3) is 5.43. The van der Waals surface area contributed by atoms with Crippen LogP contribution in [0.15, 0.2) is 243 Å². The molecule has 12 rings (SSSR count). The molecule has 0 aromatic heterocycles. The Labute approximate surface area is 356 Å². The lowest BCUT2D eigenvalue weighted by Crippen LogP contribution is -2.36. The van der Waals surface area contributed by atoms with Crippen molar-refractivity contribution in [3.05, 3.63) is 265 Å². The van der Waals surface area contributed by atoms with Gasteiger partial charge in [0.1, 0.15) is 0 Å². The first kappa shape index (κ1) is 35.0. The second-order valence-corrected chi connectivity index (χ2v) is 16.1. The van der Waals surface area contributed by atoms with Gasteiger partial charge in [-0.2, -0.15) is 0 Å². The van der Waals surface area contributed by atoms with Crippen LogP contribution in [0.1, 0.15) is 22.3 Å². The maximum atomic E-state index is 2.48. The molecule has 2 aliphatic rings. The van der Waals surface area contributed by atoms with Crippen LogP contribution in [0.4, 0.5) is 34.1 Å². The average molecular weight is 777 g/mol. The third-order valence-electron chi connectivity index (χ3n) is 12.9. The fraction of sp³-hybridized carbons (Fsp3) is 0.0169. The highest BCUT2D eigenvalue weighted by molar-refractivity contribution is 5.99. The van der Waals surface area contributed by atoms with E-state index in [4.69, 9.17) is 0 Å². The van der Waals surface area contributed by atoms with Crippen molar-refractivity contribution in [1.29, 1.82) is 0 Å².